The minimum atomic E-state index is -3.81. The van der Waals surface area contributed by atoms with E-state index in [0.717, 1.165) is 11.0 Å². The number of nitrogens with one attached hydrogen (secondary N) is 1. The molecule has 0 aliphatic carbocycles. The molecule has 1 heterocycles. The first-order chi connectivity index (χ1) is 14.0. The zero-order valence-corrected chi connectivity index (χ0v) is 16.4. The molecule has 7 nitrogen and oxygen atoms in total. The van der Waals surface area contributed by atoms with Crippen molar-refractivity contribution in [3.8, 4) is 0 Å². The van der Waals surface area contributed by atoms with Gasteiger partial charge in [0.25, 0.3) is 15.9 Å². The molecular weight excluding hydrogens is 388 g/mol. The largest absolute Gasteiger partial charge is 0.270 e. The van der Waals surface area contributed by atoms with E-state index in [9.17, 15) is 13.2 Å². The highest BCUT2D eigenvalue weighted by Gasteiger charge is 2.22. The third kappa shape index (κ3) is 3.57. The van der Waals surface area contributed by atoms with Gasteiger partial charge in [-0.1, -0.05) is 36.4 Å². The molecule has 1 amide bonds. The maximum atomic E-state index is 13.0. The van der Waals surface area contributed by atoms with Gasteiger partial charge in [0.05, 0.1) is 21.6 Å². The summed E-state index contributed by atoms with van der Waals surface area (Å²) in [5, 5.41) is 0. The van der Waals surface area contributed by atoms with Crippen LogP contribution in [0.4, 0.5) is 5.69 Å². The van der Waals surface area contributed by atoms with E-state index in [0.29, 0.717) is 5.69 Å². The molecule has 0 fully saturated rings. The van der Waals surface area contributed by atoms with E-state index in [1.807, 2.05) is 30.3 Å². The molecule has 29 heavy (non-hydrogen) atoms. The number of para-hydroxylation sites is 3. The molecule has 3 aromatic carbocycles. The number of carbonyl (C=O) groups excluding carboxylic acids is 1. The molecular formula is C21H18N4O3S. The average molecular weight is 406 g/mol. The van der Waals surface area contributed by atoms with Gasteiger partial charge in [-0.3, -0.25) is 14.5 Å². The third-order valence-electron chi connectivity index (χ3n) is 4.55. The SMILES string of the molecule is CN(c1ccccc1)S(=O)(=O)c1cccc(C(=O)Nn2cnc3ccccc32)c1. The van der Waals surface area contributed by atoms with Gasteiger partial charge in [-0.15, -0.1) is 0 Å². The lowest BCUT2D eigenvalue weighted by molar-refractivity contribution is 0.101. The smallest absolute Gasteiger partial charge is 0.269 e. The summed E-state index contributed by atoms with van der Waals surface area (Å²) in [6.45, 7) is 0. The minimum absolute atomic E-state index is 0.0343. The van der Waals surface area contributed by atoms with Crippen LogP contribution in [0.1, 0.15) is 10.4 Å². The number of fused-ring (bicyclic) bond motifs is 1. The van der Waals surface area contributed by atoms with Gasteiger partial charge in [0.2, 0.25) is 0 Å². The molecule has 8 heteroatoms. The first-order valence-electron chi connectivity index (χ1n) is 8.84. The van der Waals surface area contributed by atoms with E-state index in [-0.39, 0.29) is 10.5 Å². The molecule has 0 unspecified atom stereocenters. The van der Waals surface area contributed by atoms with Crippen LogP contribution >= 0.6 is 0 Å². The second-order valence-electron chi connectivity index (χ2n) is 6.38. The fourth-order valence-corrected chi connectivity index (χ4v) is 4.20. The molecule has 0 bridgehead atoms. The van der Waals surface area contributed by atoms with Crippen LogP contribution < -0.4 is 9.73 Å². The summed E-state index contributed by atoms with van der Waals surface area (Å²) in [6, 6.07) is 22.1. The highest BCUT2D eigenvalue weighted by Crippen LogP contribution is 2.22. The van der Waals surface area contributed by atoms with Crippen molar-refractivity contribution in [2.45, 2.75) is 4.90 Å². The first-order valence-corrected chi connectivity index (χ1v) is 10.3. The van der Waals surface area contributed by atoms with Crippen LogP contribution in [0.5, 0.6) is 0 Å². The van der Waals surface area contributed by atoms with Crippen LogP contribution in [-0.4, -0.2) is 31.0 Å². The predicted molar refractivity (Wildman–Crippen MR) is 112 cm³/mol. The Morgan fingerprint density at radius 3 is 2.48 bits per heavy atom. The first kappa shape index (κ1) is 18.7. The van der Waals surface area contributed by atoms with Crippen molar-refractivity contribution >= 4 is 32.7 Å². The Morgan fingerprint density at radius 2 is 1.69 bits per heavy atom. The molecule has 0 saturated carbocycles. The number of aromatic nitrogens is 2. The molecule has 0 aliphatic heterocycles. The Hall–Kier alpha value is -3.65. The van der Waals surface area contributed by atoms with E-state index in [2.05, 4.69) is 10.4 Å². The molecule has 0 spiro atoms. The quantitative estimate of drug-likeness (QED) is 0.551. The Kier molecular flexibility index (Phi) is 4.77. The molecule has 0 saturated heterocycles. The van der Waals surface area contributed by atoms with Crippen LogP contribution in [0.3, 0.4) is 0 Å². The highest BCUT2D eigenvalue weighted by molar-refractivity contribution is 7.92. The summed E-state index contributed by atoms with van der Waals surface area (Å²) >= 11 is 0. The Labute approximate surface area is 168 Å². The number of benzene rings is 3. The number of hydrogen-bond acceptors (Lipinski definition) is 4. The van der Waals surface area contributed by atoms with Crippen molar-refractivity contribution in [1.82, 2.24) is 9.66 Å². The lowest BCUT2D eigenvalue weighted by Gasteiger charge is -2.19. The van der Waals surface area contributed by atoms with Crippen molar-refractivity contribution in [2.75, 3.05) is 16.8 Å². The number of nitrogens with zero attached hydrogens (tertiary/aromatic N) is 3. The summed E-state index contributed by atoms with van der Waals surface area (Å²) in [7, 11) is -2.33. The zero-order chi connectivity index (χ0) is 20.4. The van der Waals surface area contributed by atoms with Gasteiger partial charge in [-0.25, -0.2) is 18.1 Å². The highest BCUT2D eigenvalue weighted by atomic mass is 32.2. The zero-order valence-electron chi connectivity index (χ0n) is 15.6. The molecule has 1 N–H and O–H groups in total. The normalized spacial score (nSPS) is 11.3. The average Bonchev–Trinajstić information content (AvgIpc) is 3.16. The van der Waals surface area contributed by atoms with Gasteiger partial charge in [0.1, 0.15) is 6.33 Å². The molecule has 0 aliphatic rings. The van der Waals surface area contributed by atoms with Crippen molar-refractivity contribution in [3.05, 3.63) is 90.8 Å². The second-order valence-corrected chi connectivity index (χ2v) is 8.35. The lowest BCUT2D eigenvalue weighted by Crippen LogP contribution is -2.27. The molecule has 1 aromatic heterocycles. The number of rotatable bonds is 5. The summed E-state index contributed by atoms with van der Waals surface area (Å²) in [5.74, 6) is -0.437. The summed E-state index contributed by atoms with van der Waals surface area (Å²) in [6.07, 6.45) is 1.51. The van der Waals surface area contributed by atoms with Crippen molar-refractivity contribution in [3.63, 3.8) is 0 Å². The Balaban J connectivity index is 1.62. The van der Waals surface area contributed by atoms with Gasteiger partial charge in [0.15, 0.2) is 0 Å². The minimum Gasteiger partial charge on any atom is -0.269 e. The molecule has 4 rings (SSSR count). The summed E-state index contributed by atoms with van der Waals surface area (Å²) in [5.41, 5.74) is 4.98. The van der Waals surface area contributed by atoms with Gasteiger partial charge in [0, 0.05) is 12.6 Å². The second kappa shape index (κ2) is 7.40. The van der Waals surface area contributed by atoms with E-state index in [1.165, 1.54) is 34.5 Å². The van der Waals surface area contributed by atoms with Gasteiger partial charge < -0.3 is 0 Å². The Bertz CT molecular complexity index is 1280. The standard InChI is InChI=1S/C21H18N4O3S/c1-24(17-9-3-2-4-10-17)29(27,28)18-11-7-8-16(14-18)21(26)23-25-15-22-19-12-5-6-13-20(19)25/h2-15H,1H3,(H,23,26). The van der Waals surface area contributed by atoms with Gasteiger partial charge in [-0.05, 0) is 42.5 Å². The van der Waals surface area contributed by atoms with Crippen LogP contribution in [0.25, 0.3) is 11.0 Å². The van der Waals surface area contributed by atoms with Gasteiger partial charge >= 0.3 is 0 Å². The van der Waals surface area contributed by atoms with E-state index < -0.39 is 15.9 Å². The fraction of sp³-hybridized carbons (Fsp3) is 0.0476. The van der Waals surface area contributed by atoms with Crippen molar-refractivity contribution in [1.29, 1.82) is 0 Å². The third-order valence-corrected chi connectivity index (χ3v) is 6.33. The summed E-state index contributed by atoms with van der Waals surface area (Å²) in [4.78, 5) is 17.0. The van der Waals surface area contributed by atoms with Gasteiger partial charge in [-0.2, -0.15) is 0 Å². The van der Waals surface area contributed by atoms with Crippen LogP contribution in [0, 0.1) is 0 Å². The fourth-order valence-electron chi connectivity index (χ4n) is 2.95. The number of imidazole rings is 1. The number of sulfonamides is 1. The summed E-state index contributed by atoms with van der Waals surface area (Å²) < 4.78 is 28.7. The number of carbonyl (C=O) groups is 1. The number of amides is 1. The van der Waals surface area contributed by atoms with Crippen LogP contribution in [0.2, 0.25) is 0 Å². The monoisotopic (exact) mass is 406 g/mol. The van der Waals surface area contributed by atoms with Crippen molar-refractivity contribution < 1.29 is 13.2 Å². The van der Waals surface area contributed by atoms with Crippen LogP contribution in [-0.2, 0) is 10.0 Å². The molecule has 146 valence electrons. The number of hydrogen-bond donors (Lipinski definition) is 1. The number of anilines is 1. The molecule has 4 aromatic rings. The maximum Gasteiger partial charge on any atom is 0.270 e. The lowest BCUT2D eigenvalue weighted by atomic mass is 10.2. The predicted octanol–water partition coefficient (Wildman–Crippen LogP) is 3.25. The van der Waals surface area contributed by atoms with E-state index in [1.54, 1.807) is 36.4 Å². The Morgan fingerprint density at radius 1 is 0.966 bits per heavy atom. The van der Waals surface area contributed by atoms with E-state index in [4.69, 9.17) is 0 Å². The maximum absolute atomic E-state index is 13.0. The molecule has 0 radical (unpaired) electrons. The van der Waals surface area contributed by atoms with Crippen molar-refractivity contribution in [2.24, 2.45) is 0 Å². The topological polar surface area (TPSA) is 84.3 Å². The molecule has 0 atom stereocenters. The van der Waals surface area contributed by atoms with Crippen LogP contribution in [0.15, 0.2) is 90.1 Å². The van der Waals surface area contributed by atoms with E-state index >= 15 is 0 Å².